The van der Waals surface area contributed by atoms with Crippen LogP contribution in [0.4, 0.5) is 5.69 Å². The van der Waals surface area contributed by atoms with Crippen molar-refractivity contribution in [2.75, 3.05) is 25.2 Å². The molecule has 0 fully saturated rings. The van der Waals surface area contributed by atoms with Gasteiger partial charge in [-0.3, -0.25) is 0 Å². The number of methoxy groups -OCH3 is 1. The van der Waals surface area contributed by atoms with Crippen molar-refractivity contribution in [3.8, 4) is 0 Å². The lowest BCUT2D eigenvalue weighted by Crippen LogP contribution is -2.35. The molecule has 0 amide bonds. The van der Waals surface area contributed by atoms with Gasteiger partial charge in [0.25, 0.3) is 0 Å². The highest BCUT2D eigenvalue weighted by Gasteiger charge is 2.12. The molecule has 0 saturated heterocycles. The Hall–Kier alpha value is -1.75. The number of nitrogens with two attached hydrogens (primary N) is 1. The molecule has 106 valence electrons. The number of rotatable bonds is 7. The molecule has 0 bridgehead atoms. The van der Waals surface area contributed by atoms with Crippen molar-refractivity contribution in [2.24, 2.45) is 10.9 Å². The number of hydrogen-bond donors (Lipinski definition) is 2. The highest BCUT2D eigenvalue weighted by molar-refractivity contribution is 5.97. The van der Waals surface area contributed by atoms with Crippen LogP contribution in [0.5, 0.6) is 0 Å². The van der Waals surface area contributed by atoms with Gasteiger partial charge in [-0.15, -0.1) is 0 Å². The Balaban J connectivity index is 2.90. The van der Waals surface area contributed by atoms with Crippen molar-refractivity contribution in [3.63, 3.8) is 0 Å². The van der Waals surface area contributed by atoms with E-state index in [1.807, 2.05) is 24.3 Å². The fourth-order valence-corrected chi connectivity index (χ4v) is 1.90. The van der Waals surface area contributed by atoms with Crippen LogP contribution in [0.3, 0.4) is 0 Å². The van der Waals surface area contributed by atoms with Gasteiger partial charge in [-0.2, -0.15) is 0 Å². The van der Waals surface area contributed by atoms with E-state index in [0.29, 0.717) is 18.2 Å². The smallest absolute Gasteiger partial charge is 0.170 e. The van der Waals surface area contributed by atoms with Gasteiger partial charge in [0.1, 0.15) is 0 Å². The summed E-state index contributed by atoms with van der Waals surface area (Å²) in [5, 5.41) is 11.6. The normalized spacial score (nSPS) is 13.3. The number of oxime groups is 1. The van der Waals surface area contributed by atoms with E-state index in [9.17, 15) is 0 Å². The van der Waals surface area contributed by atoms with E-state index in [-0.39, 0.29) is 5.84 Å². The zero-order valence-corrected chi connectivity index (χ0v) is 11.8. The molecule has 0 saturated carbocycles. The minimum Gasteiger partial charge on any atom is -0.409 e. The third-order valence-corrected chi connectivity index (χ3v) is 3.26. The van der Waals surface area contributed by atoms with Crippen LogP contribution < -0.4 is 10.6 Å². The van der Waals surface area contributed by atoms with E-state index in [1.165, 1.54) is 0 Å². The first-order valence-corrected chi connectivity index (χ1v) is 6.47. The second kappa shape index (κ2) is 7.63. The molecule has 1 aromatic rings. The van der Waals surface area contributed by atoms with Crippen LogP contribution in [0.2, 0.25) is 0 Å². The Morgan fingerprint density at radius 1 is 1.42 bits per heavy atom. The molecule has 1 atom stereocenters. The summed E-state index contributed by atoms with van der Waals surface area (Å²) in [4.78, 5) is 2.29. The molecular formula is C14H23N3O2. The van der Waals surface area contributed by atoms with Crippen LogP contribution in [0, 0.1) is 0 Å². The van der Waals surface area contributed by atoms with Gasteiger partial charge >= 0.3 is 0 Å². The maximum Gasteiger partial charge on any atom is 0.170 e. The number of hydrogen-bond acceptors (Lipinski definition) is 4. The third kappa shape index (κ3) is 4.13. The van der Waals surface area contributed by atoms with Gasteiger partial charge in [-0.25, -0.2) is 0 Å². The molecule has 1 rings (SSSR count). The lowest BCUT2D eigenvalue weighted by atomic mass is 10.1. The number of benzene rings is 1. The Morgan fingerprint density at radius 3 is 2.53 bits per heavy atom. The van der Waals surface area contributed by atoms with Crippen LogP contribution >= 0.6 is 0 Å². The van der Waals surface area contributed by atoms with Crippen LogP contribution in [0.15, 0.2) is 29.4 Å². The molecule has 19 heavy (non-hydrogen) atoms. The predicted molar refractivity (Wildman–Crippen MR) is 77.9 cm³/mol. The van der Waals surface area contributed by atoms with Crippen LogP contribution in [-0.4, -0.2) is 37.3 Å². The molecule has 5 nitrogen and oxygen atoms in total. The van der Waals surface area contributed by atoms with E-state index in [2.05, 4.69) is 23.9 Å². The summed E-state index contributed by atoms with van der Waals surface area (Å²) in [6.45, 7) is 5.88. The van der Waals surface area contributed by atoms with Crippen molar-refractivity contribution in [3.05, 3.63) is 29.8 Å². The lowest BCUT2D eigenvalue weighted by molar-refractivity contribution is 0.203. The number of nitrogens with zero attached hydrogens (tertiary/aromatic N) is 2. The number of ether oxygens (including phenoxy) is 1. The Bertz CT molecular complexity index is 404. The van der Waals surface area contributed by atoms with E-state index < -0.39 is 0 Å². The molecule has 5 heteroatoms. The van der Waals surface area contributed by atoms with Gasteiger partial charge in [0.05, 0.1) is 6.61 Å². The second-order valence-corrected chi connectivity index (χ2v) is 4.48. The highest BCUT2D eigenvalue weighted by Crippen LogP contribution is 2.19. The first-order valence-electron chi connectivity index (χ1n) is 6.47. The first-order chi connectivity index (χ1) is 9.13. The topological polar surface area (TPSA) is 71.1 Å². The average Bonchev–Trinajstić information content (AvgIpc) is 2.47. The molecular weight excluding hydrogens is 242 g/mol. The van der Waals surface area contributed by atoms with E-state index >= 15 is 0 Å². The largest absolute Gasteiger partial charge is 0.409 e. The maximum atomic E-state index is 8.65. The van der Waals surface area contributed by atoms with Crippen LogP contribution in [0.25, 0.3) is 0 Å². The molecule has 0 aromatic heterocycles. The summed E-state index contributed by atoms with van der Waals surface area (Å²) in [6, 6.07) is 8.11. The summed E-state index contributed by atoms with van der Waals surface area (Å²) in [5.41, 5.74) is 7.38. The second-order valence-electron chi connectivity index (χ2n) is 4.48. The average molecular weight is 265 g/mol. The molecule has 0 heterocycles. The molecule has 3 N–H and O–H groups in total. The Labute approximate surface area is 114 Å². The maximum absolute atomic E-state index is 8.65. The molecule has 0 aliphatic carbocycles. The molecule has 1 unspecified atom stereocenters. The monoisotopic (exact) mass is 265 g/mol. The van der Waals surface area contributed by atoms with Crippen molar-refractivity contribution in [2.45, 2.75) is 26.3 Å². The fraction of sp³-hybridized carbons (Fsp3) is 0.500. The quantitative estimate of drug-likeness (QED) is 0.342. The summed E-state index contributed by atoms with van der Waals surface area (Å²) in [6.07, 6.45) is 1.06. The highest BCUT2D eigenvalue weighted by atomic mass is 16.5. The number of amidine groups is 1. The van der Waals surface area contributed by atoms with E-state index in [4.69, 9.17) is 15.7 Å². The van der Waals surface area contributed by atoms with Gasteiger partial charge in [0, 0.05) is 30.9 Å². The van der Waals surface area contributed by atoms with Crippen molar-refractivity contribution in [1.82, 2.24) is 0 Å². The standard InChI is InChI=1S/C14H23N3O2/c1-4-11(2)17(9-10-19-3)13-7-5-12(6-8-13)14(15)16-18/h5-8,11,18H,4,9-10H2,1-3H3,(H2,15,16). The van der Waals surface area contributed by atoms with Crippen molar-refractivity contribution in [1.29, 1.82) is 0 Å². The molecule has 0 radical (unpaired) electrons. The lowest BCUT2D eigenvalue weighted by Gasteiger charge is -2.30. The molecule has 1 aromatic carbocycles. The zero-order chi connectivity index (χ0) is 14.3. The number of anilines is 1. The summed E-state index contributed by atoms with van der Waals surface area (Å²) >= 11 is 0. The fourth-order valence-electron chi connectivity index (χ4n) is 1.90. The third-order valence-electron chi connectivity index (χ3n) is 3.26. The molecule has 0 spiro atoms. The van der Waals surface area contributed by atoms with E-state index in [0.717, 1.165) is 18.7 Å². The first kappa shape index (κ1) is 15.3. The SMILES string of the molecule is CCC(C)N(CCOC)c1ccc(/C(N)=N/O)cc1. The van der Waals surface area contributed by atoms with Crippen LogP contribution in [-0.2, 0) is 4.74 Å². The van der Waals surface area contributed by atoms with Gasteiger partial charge in [0.2, 0.25) is 0 Å². The minimum atomic E-state index is 0.124. The predicted octanol–water partition coefficient (Wildman–Crippen LogP) is 2.03. The Kier molecular flexibility index (Phi) is 6.15. The summed E-state index contributed by atoms with van der Waals surface area (Å²) in [7, 11) is 1.70. The molecule has 0 aliphatic heterocycles. The van der Waals surface area contributed by atoms with Crippen molar-refractivity contribution < 1.29 is 9.94 Å². The Morgan fingerprint density at radius 2 is 2.05 bits per heavy atom. The minimum absolute atomic E-state index is 0.124. The van der Waals surface area contributed by atoms with Gasteiger partial charge in [-0.05, 0) is 37.6 Å². The van der Waals surface area contributed by atoms with Gasteiger partial charge in [0.15, 0.2) is 5.84 Å². The van der Waals surface area contributed by atoms with Crippen LogP contribution in [0.1, 0.15) is 25.8 Å². The molecule has 0 aliphatic rings. The summed E-state index contributed by atoms with van der Waals surface area (Å²) in [5.74, 6) is 0.124. The van der Waals surface area contributed by atoms with Crippen molar-refractivity contribution >= 4 is 11.5 Å². The van der Waals surface area contributed by atoms with E-state index in [1.54, 1.807) is 7.11 Å². The summed E-state index contributed by atoms with van der Waals surface area (Å²) < 4.78 is 5.15. The zero-order valence-electron chi connectivity index (χ0n) is 11.8. The van der Waals surface area contributed by atoms with Gasteiger partial charge < -0.3 is 20.6 Å². The van der Waals surface area contributed by atoms with Gasteiger partial charge in [-0.1, -0.05) is 12.1 Å².